The number of carbonyl (C=O) groups is 8. The fourth-order valence-electron chi connectivity index (χ4n) is 3.30. The molecule has 6 amide bonds. The van der Waals surface area contributed by atoms with E-state index < -0.39 is 97.0 Å². The topological polar surface area (TPSA) is 289 Å². The summed E-state index contributed by atoms with van der Waals surface area (Å²) < 4.78 is 0. The highest BCUT2D eigenvalue weighted by atomic mass is 16.4. The molecule has 0 aromatic heterocycles. The number of hydrogen-bond donors (Lipinski definition) is 9. The maximum Gasteiger partial charge on any atom is 0.326 e. The summed E-state index contributed by atoms with van der Waals surface area (Å²) in [7, 11) is 0. The van der Waals surface area contributed by atoms with E-state index in [9.17, 15) is 43.5 Å². The van der Waals surface area contributed by atoms with Crippen molar-refractivity contribution in [2.45, 2.75) is 90.0 Å². The van der Waals surface area contributed by atoms with Gasteiger partial charge in [-0.1, -0.05) is 13.8 Å². The lowest BCUT2D eigenvalue weighted by atomic mass is 10.0. The van der Waals surface area contributed by atoms with Gasteiger partial charge in [-0.05, 0) is 39.0 Å². The van der Waals surface area contributed by atoms with Crippen LogP contribution in [0.2, 0.25) is 0 Å². The van der Waals surface area contributed by atoms with Crippen LogP contribution in [0.15, 0.2) is 0 Å². The van der Waals surface area contributed by atoms with Crippen molar-refractivity contribution in [3.63, 3.8) is 0 Å². The van der Waals surface area contributed by atoms with Crippen molar-refractivity contribution in [2.24, 2.45) is 17.4 Å². The lowest BCUT2D eigenvalue weighted by Gasteiger charge is -2.23. The predicted molar refractivity (Wildman–Crippen MR) is 142 cm³/mol. The van der Waals surface area contributed by atoms with E-state index in [1.54, 1.807) is 0 Å². The molecule has 0 saturated heterocycles. The second-order valence-corrected chi connectivity index (χ2v) is 9.88. The van der Waals surface area contributed by atoms with Gasteiger partial charge in [0.25, 0.3) is 0 Å². The molecular formula is C24H41N7O10. The van der Waals surface area contributed by atoms with Crippen LogP contribution in [0, 0.1) is 5.92 Å². The van der Waals surface area contributed by atoms with Crippen LogP contribution in [-0.4, -0.2) is 94.3 Å². The third-order valence-electron chi connectivity index (χ3n) is 5.52. The molecule has 0 heterocycles. The summed E-state index contributed by atoms with van der Waals surface area (Å²) in [5, 5.41) is 29.8. The molecule has 0 radical (unpaired) electrons. The maximum atomic E-state index is 12.7. The molecule has 17 heteroatoms. The molecule has 0 aliphatic rings. The van der Waals surface area contributed by atoms with E-state index in [1.807, 2.05) is 13.8 Å². The van der Waals surface area contributed by atoms with Crippen molar-refractivity contribution in [2.75, 3.05) is 6.54 Å². The van der Waals surface area contributed by atoms with Crippen LogP contribution in [0.3, 0.4) is 0 Å². The molecule has 232 valence electrons. The van der Waals surface area contributed by atoms with Gasteiger partial charge in [-0.25, -0.2) is 4.79 Å². The zero-order valence-corrected chi connectivity index (χ0v) is 23.5. The quantitative estimate of drug-likeness (QED) is 0.0720. The van der Waals surface area contributed by atoms with Crippen molar-refractivity contribution < 1.29 is 48.6 Å². The van der Waals surface area contributed by atoms with E-state index in [4.69, 9.17) is 16.6 Å². The van der Waals surface area contributed by atoms with Crippen molar-refractivity contribution >= 4 is 47.4 Å². The molecular weight excluding hydrogens is 546 g/mol. The first-order chi connectivity index (χ1) is 18.9. The van der Waals surface area contributed by atoms with Gasteiger partial charge in [0.2, 0.25) is 35.4 Å². The summed E-state index contributed by atoms with van der Waals surface area (Å²) >= 11 is 0. The van der Waals surface area contributed by atoms with Crippen LogP contribution in [-0.2, 0) is 38.4 Å². The maximum absolute atomic E-state index is 12.7. The Kier molecular flexibility index (Phi) is 16.2. The number of carbonyl (C=O) groups excluding carboxylic acids is 6. The minimum absolute atomic E-state index is 0.0249. The van der Waals surface area contributed by atoms with Gasteiger partial charge in [0.15, 0.2) is 0 Å². The molecule has 0 bridgehead atoms. The second kappa shape index (κ2) is 18.1. The van der Waals surface area contributed by atoms with Gasteiger partial charge in [-0.2, -0.15) is 0 Å². The number of nitrogens with two attached hydrogens (primary N) is 2. The van der Waals surface area contributed by atoms with Crippen LogP contribution in [0.5, 0.6) is 0 Å². The number of primary amides is 1. The Labute approximate surface area is 236 Å². The third-order valence-corrected chi connectivity index (χ3v) is 5.52. The molecule has 0 aromatic carbocycles. The highest BCUT2D eigenvalue weighted by molar-refractivity contribution is 5.95. The molecule has 0 aromatic rings. The van der Waals surface area contributed by atoms with Gasteiger partial charge in [-0.15, -0.1) is 0 Å². The van der Waals surface area contributed by atoms with Crippen molar-refractivity contribution in [3.8, 4) is 0 Å². The van der Waals surface area contributed by atoms with Crippen LogP contribution in [0.1, 0.15) is 59.8 Å². The molecule has 0 saturated carbocycles. The molecule has 0 aliphatic carbocycles. The Hall–Kier alpha value is -4.28. The van der Waals surface area contributed by atoms with E-state index in [0.29, 0.717) is 0 Å². The first-order valence-corrected chi connectivity index (χ1v) is 12.9. The fourth-order valence-corrected chi connectivity index (χ4v) is 3.30. The molecule has 0 spiro atoms. The van der Waals surface area contributed by atoms with E-state index >= 15 is 0 Å². The van der Waals surface area contributed by atoms with Crippen LogP contribution >= 0.6 is 0 Å². The zero-order valence-electron chi connectivity index (χ0n) is 23.5. The minimum Gasteiger partial charge on any atom is -0.481 e. The summed E-state index contributed by atoms with van der Waals surface area (Å²) in [6.45, 7) is 5.82. The van der Waals surface area contributed by atoms with Gasteiger partial charge < -0.3 is 48.3 Å². The van der Waals surface area contributed by atoms with Crippen molar-refractivity contribution in [3.05, 3.63) is 0 Å². The number of nitrogens with one attached hydrogen (secondary N) is 5. The standard InChI is InChI=1S/C24H41N7O10/c1-11(2)9-16(31-20(36)12(3)25)22(38)27-10-18(33)28-13(4)21(37)29-14(6-8-19(34)35)23(39)30-15(24(40)41)5-7-17(26)32/h11-16H,5-10,25H2,1-4H3,(H2,26,32)(H,27,38)(H,28,33)(H,29,37)(H,30,39)(H,31,36)(H,34,35)(H,40,41)/t12-,13-,14-,15-,16-/m0/s1. The molecule has 11 N–H and O–H groups in total. The van der Waals surface area contributed by atoms with E-state index in [1.165, 1.54) is 13.8 Å². The summed E-state index contributed by atoms with van der Waals surface area (Å²) in [6.07, 6.45) is -1.37. The summed E-state index contributed by atoms with van der Waals surface area (Å²) in [5.41, 5.74) is 10.5. The van der Waals surface area contributed by atoms with Gasteiger partial charge in [0.1, 0.15) is 24.2 Å². The Morgan fingerprint density at radius 2 is 1.22 bits per heavy atom. The molecule has 41 heavy (non-hydrogen) atoms. The summed E-state index contributed by atoms with van der Waals surface area (Å²) in [4.78, 5) is 95.5. The fraction of sp³-hybridized carbons (Fsp3) is 0.667. The number of aliphatic carboxylic acids is 2. The van der Waals surface area contributed by atoms with Gasteiger partial charge in [-0.3, -0.25) is 33.6 Å². The van der Waals surface area contributed by atoms with Crippen LogP contribution < -0.4 is 38.1 Å². The Balaban J connectivity index is 5.22. The highest BCUT2D eigenvalue weighted by Gasteiger charge is 2.29. The number of carboxylic acids is 2. The number of hydrogen-bond acceptors (Lipinski definition) is 9. The van der Waals surface area contributed by atoms with Crippen molar-refractivity contribution in [1.82, 2.24) is 26.6 Å². The molecule has 0 unspecified atom stereocenters. The molecule has 0 fully saturated rings. The molecule has 5 atom stereocenters. The van der Waals surface area contributed by atoms with Crippen LogP contribution in [0.25, 0.3) is 0 Å². The lowest BCUT2D eigenvalue weighted by Crippen LogP contribution is -2.56. The minimum atomic E-state index is -1.53. The number of carboxylic acid groups (broad SMARTS) is 2. The smallest absolute Gasteiger partial charge is 0.326 e. The average Bonchev–Trinajstić information content (AvgIpc) is 2.85. The lowest BCUT2D eigenvalue weighted by molar-refractivity contribution is -0.143. The number of rotatable bonds is 19. The largest absolute Gasteiger partial charge is 0.481 e. The molecule has 0 rings (SSSR count). The monoisotopic (exact) mass is 587 g/mol. The zero-order chi connectivity index (χ0) is 31.9. The Morgan fingerprint density at radius 1 is 0.683 bits per heavy atom. The van der Waals surface area contributed by atoms with Gasteiger partial charge >= 0.3 is 11.9 Å². The Morgan fingerprint density at radius 3 is 1.71 bits per heavy atom. The van der Waals surface area contributed by atoms with Crippen molar-refractivity contribution in [1.29, 1.82) is 0 Å². The third kappa shape index (κ3) is 15.8. The van der Waals surface area contributed by atoms with Gasteiger partial charge in [0.05, 0.1) is 12.6 Å². The molecule has 0 aliphatic heterocycles. The average molecular weight is 588 g/mol. The summed E-state index contributed by atoms with van der Waals surface area (Å²) in [6, 6.07) is -6.08. The van der Waals surface area contributed by atoms with E-state index in [-0.39, 0.29) is 25.2 Å². The van der Waals surface area contributed by atoms with Crippen LogP contribution in [0.4, 0.5) is 0 Å². The normalized spacial score (nSPS) is 14.4. The first kappa shape index (κ1) is 36.7. The number of amides is 6. The predicted octanol–water partition coefficient (Wildman–Crippen LogP) is -3.33. The highest BCUT2D eigenvalue weighted by Crippen LogP contribution is 2.06. The van der Waals surface area contributed by atoms with E-state index in [2.05, 4.69) is 26.6 Å². The first-order valence-electron chi connectivity index (χ1n) is 12.9. The second-order valence-electron chi connectivity index (χ2n) is 9.88. The molecule has 17 nitrogen and oxygen atoms in total. The summed E-state index contributed by atoms with van der Waals surface area (Å²) in [5.74, 6) is -7.44. The Bertz CT molecular complexity index is 986. The SMILES string of the molecule is CC(C)C[C@H](NC(=O)[C@H](C)N)C(=O)NCC(=O)N[C@@H](C)C(=O)N[C@@H](CCC(=O)O)C(=O)N[C@@H](CCC(N)=O)C(=O)O. The van der Waals surface area contributed by atoms with E-state index in [0.717, 1.165) is 0 Å². The van der Waals surface area contributed by atoms with Gasteiger partial charge in [0, 0.05) is 12.8 Å².